The lowest BCUT2D eigenvalue weighted by molar-refractivity contribution is -0.125. The summed E-state index contributed by atoms with van der Waals surface area (Å²) in [5, 5.41) is 9.85. The van der Waals surface area contributed by atoms with Crippen LogP contribution in [0.1, 0.15) is 12.8 Å². The molecule has 8 nitrogen and oxygen atoms in total. The van der Waals surface area contributed by atoms with Gasteiger partial charge in [0.1, 0.15) is 18.5 Å². The third-order valence-electron chi connectivity index (χ3n) is 5.83. The number of ether oxygens (including phenoxy) is 3. The summed E-state index contributed by atoms with van der Waals surface area (Å²) in [4.78, 5) is 15.3. The summed E-state index contributed by atoms with van der Waals surface area (Å²) in [7, 11) is 2.12. The van der Waals surface area contributed by atoms with Crippen LogP contribution in [0.15, 0.2) is 54.9 Å². The molecule has 3 aromatic rings. The van der Waals surface area contributed by atoms with Crippen molar-refractivity contribution in [2.45, 2.75) is 25.0 Å². The van der Waals surface area contributed by atoms with Crippen LogP contribution in [0.3, 0.4) is 0 Å². The number of hydrogen-bond acceptors (Lipinski definition) is 6. The SMILES string of the molecule is CN1CCC(Oc2cc(-c3cn[nH]c3)ccc2NC(=O)C2COc3ccccc3O2)CC1. The summed E-state index contributed by atoms with van der Waals surface area (Å²) < 4.78 is 17.9. The molecular formula is C24H26N4O4. The number of likely N-dealkylation sites (tertiary alicyclic amines) is 1. The van der Waals surface area contributed by atoms with Gasteiger partial charge in [-0.15, -0.1) is 0 Å². The first kappa shape index (κ1) is 20.4. The minimum absolute atomic E-state index is 0.0996. The van der Waals surface area contributed by atoms with Crippen molar-refractivity contribution in [1.29, 1.82) is 0 Å². The van der Waals surface area contributed by atoms with Crippen LogP contribution in [0.5, 0.6) is 17.2 Å². The van der Waals surface area contributed by atoms with Gasteiger partial charge in [0, 0.05) is 24.8 Å². The van der Waals surface area contributed by atoms with Gasteiger partial charge in [-0.25, -0.2) is 0 Å². The molecule has 166 valence electrons. The lowest BCUT2D eigenvalue weighted by Gasteiger charge is -2.30. The Bertz CT molecular complexity index is 1080. The molecular weight excluding hydrogens is 408 g/mol. The van der Waals surface area contributed by atoms with Gasteiger partial charge in [0.05, 0.1) is 11.9 Å². The first-order chi connectivity index (χ1) is 15.7. The van der Waals surface area contributed by atoms with Crippen LogP contribution in [0.4, 0.5) is 5.69 Å². The molecule has 0 radical (unpaired) electrons. The first-order valence-corrected chi connectivity index (χ1v) is 10.8. The molecule has 0 aliphatic carbocycles. The summed E-state index contributed by atoms with van der Waals surface area (Å²) in [5.41, 5.74) is 2.53. The number of H-pyrrole nitrogens is 1. The minimum atomic E-state index is -0.741. The van der Waals surface area contributed by atoms with Crippen LogP contribution in [-0.4, -0.2) is 60.0 Å². The van der Waals surface area contributed by atoms with Gasteiger partial charge in [-0.05, 0) is 49.7 Å². The maximum Gasteiger partial charge on any atom is 0.269 e. The predicted octanol–water partition coefficient (Wildman–Crippen LogP) is 3.33. The van der Waals surface area contributed by atoms with Crippen LogP contribution in [0.25, 0.3) is 11.1 Å². The Morgan fingerprint density at radius 1 is 1.16 bits per heavy atom. The number of piperidine rings is 1. The lowest BCUT2D eigenvalue weighted by Crippen LogP contribution is -2.40. The fourth-order valence-electron chi connectivity index (χ4n) is 3.96. The first-order valence-electron chi connectivity index (χ1n) is 10.8. The standard InChI is InChI=1S/C24H26N4O4/c1-28-10-8-18(9-11-28)31-22-12-16(17-13-25-26-14-17)6-7-19(22)27-24(29)23-15-30-20-4-2-3-5-21(20)32-23/h2-7,12-14,18,23H,8-11,15H2,1H3,(H,25,26)(H,27,29). The molecule has 0 bridgehead atoms. The number of nitrogens with zero attached hydrogens (tertiary/aromatic N) is 2. The summed E-state index contributed by atoms with van der Waals surface area (Å²) in [6.07, 6.45) is 4.83. The van der Waals surface area contributed by atoms with E-state index >= 15 is 0 Å². The van der Waals surface area contributed by atoms with E-state index in [2.05, 4.69) is 27.5 Å². The fourth-order valence-corrected chi connectivity index (χ4v) is 3.96. The van der Waals surface area contributed by atoms with E-state index in [1.165, 1.54) is 0 Å². The van der Waals surface area contributed by atoms with Crippen LogP contribution < -0.4 is 19.5 Å². The molecule has 32 heavy (non-hydrogen) atoms. The quantitative estimate of drug-likeness (QED) is 0.640. The van der Waals surface area contributed by atoms with Crippen molar-refractivity contribution in [3.63, 3.8) is 0 Å². The molecule has 3 heterocycles. The van der Waals surface area contributed by atoms with Gasteiger partial charge in [-0.1, -0.05) is 18.2 Å². The molecule has 2 aromatic carbocycles. The molecule has 0 spiro atoms. The second-order valence-electron chi connectivity index (χ2n) is 8.17. The molecule has 1 aromatic heterocycles. The van der Waals surface area contributed by atoms with E-state index in [-0.39, 0.29) is 18.6 Å². The average molecular weight is 434 g/mol. The number of benzene rings is 2. The Balaban J connectivity index is 1.35. The normalized spacial score (nSPS) is 18.8. The maximum absolute atomic E-state index is 13.0. The summed E-state index contributed by atoms with van der Waals surface area (Å²) in [6, 6.07) is 13.1. The molecule has 2 aliphatic heterocycles. The Morgan fingerprint density at radius 2 is 1.97 bits per heavy atom. The van der Waals surface area contributed by atoms with Crippen molar-refractivity contribution in [2.75, 3.05) is 32.1 Å². The van der Waals surface area contributed by atoms with Gasteiger partial charge >= 0.3 is 0 Å². The van der Waals surface area contributed by atoms with E-state index in [1.807, 2.05) is 42.6 Å². The Hall–Kier alpha value is -3.52. The minimum Gasteiger partial charge on any atom is -0.488 e. The molecule has 2 aliphatic rings. The van der Waals surface area contributed by atoms with Crippen molar-refractivity contribution in [3.8, 4) is 28.4 Å². The van der Waals surface area contributed by atoms with Gasteiger partial charge in [-0.3, -0.25) is 9.89 Å². The van der Waals surface area contributed by atoms with E-state index in [1.54, 1.807) is 12.3 Å². The molecule has 8 heteroatoms. The number of amides is 1. The molecule has 0 saturated carbocycles. The van der Waals surface area contributed by atoms with Crippen LogP contribution in [0.2, 0.25) is 0 Å². The summed E-state index contributed by atoms with van der Waals surface area (Å²) in [6.45, 7) is 2.13. The molecule has 1 saturated heterocycles. The van der Waals surface area contributed by atoms with E-state index in [0.717, 1.165) is 37.1 Å². The third-order valence-corrected chi connectivity index (χ3v) is 5.83. The second kappa shape index (κ2) is 8.92. The number of rotatable bonds is 5. The largest absolute Gasteiger partial charge is 0.488 e. The van der Waals surface area contributed by atoms with E-state index in [0.29, 0.717) is 22.9 Å². The van der Waals surface area contributed by atoms with E-state index < -0.39 is 6.10 Å². The molecule has 1 fully saturated rings. The highest BCUT2D eigenvalue weighted by atomic mass is 16.6. The lowest BCUT2D eigenvalue weighted by atomic mass is 10.1. The average Bonchev–Trinajstić information content (AvgIpc) is 3.36. The van der Waals surface area contributed by atoms with Crippen LogP contribution in [0, 0.1) is 0 Å². The van der Waals surface area contributed by atoms with Gasteiger partial charge in [0.2, 0.25) is 6.10 Å². The molecule has 2 N–H and O–H groups in total. The second-order valence-corrected chi connectivity index (χ2v) is 8.17. The number of aromatic amines is 1. The van der Waals surface area contributed by atoms with Crippen molar-refractivity contribution in [2.24, 2.45) is 0 Å². The third kappa shape index (κ3) is 4.40. The van der Waals surface area contributed by atoms with Gasteiger partial charge in [0.15, 0.2) is 11.5 Å². The number of aromatic nitrogens is 2. The highest BCUT2D eigenvalue weighted by Crippen LogP contribution is 2.34. The Kier molecular flexibility index (Phi) is 5.68. The summed E-state index contributed by atoms with van der Waals surface area (Å²) in [5.74, 6) is 1.58. The van der Waals surface area contributed by atoms with E-state index in [9.17, 15) is 4.79 Å². The van der Waals surface area contributed by atoms with Crippen LogP contribution >= 0.6 is 0 Å². The van der Waals surface area contributed by atoms with Gasteiger partial charge in [-0.2, -0.15) is 5.10 Å². The monoisotopic (exact) mass is 434 g/mol. The van der Waals surface area contributed by atoms with Crippen molar-refractivity contribution in [3.05, 3.63) is 54.9 Å². The predicted molar refractivity (Wildman–Crippen MR) is 120 cm³/mol. The number of fused-ring (bicyclic) bond motifs is 1. The molecule has 1 atom stereocenters. The van der Waals surface area contributed by atoms with Crippen molar-refractivity contribution in [1.82, 2.24) is 15.1 Å². The summed E-state index contributed by atoms with van der Waals surface area (Å²) >= 11 is 0. The number of para-hydroxylation sites is 2. The van der Waals surface area contributed by atoms with E-state index in [4.69, 9.17) is 14.2 Å². The number of carbonyl (C=O) groups is 1. The molecule has 1 amide bonds. The number of hydrogen-bond donors (Lipinski definition) is 2. The van der Waals surface area contributed by atoms with Gasteiger partial charge < -0.3 is 24.4 Å². The smallest absolute Gasteiger partial charge is 0.269 e. The number of anilines is 1. The van der Waals surface area contributed by atoms with Crippen molar-refractivity contribution >= 4 is 11.6 Å². The van der Waals surface area contributed by atoms with Gasteiger partial charge in [0.25, 0.3) is 5.91 Å². The highest BCUT2D eigenvalue weighted by molar-refractivity contribution is 5.96. The zero-order chi connectivity index (χ0) is 21.9. The Labute approximate surface area is 186 Å². The fraction of sp³-hybridized carbons (Fsp3) is 0.333. The topological polar surface area (TPSA) is 88.7 Å². The maximum atomic E-state index is 13.0. The molecule has 5 rings (SSSR count). The number of nitrogens with one attached hydrogen (secondary N) is 2. The Morgan fingerprint density at radius 3 is 2.75 bits per heavy atom. The number of carbonyl (C=O) groups excluding carboxylic acids is 1. The van der Waals surface area contributed by atoms with Crippen molar-refractivity contribution < 1.29 is 19.0 Å². The molecule has 1 unspecified atom stereocenters. The van der Waals surface area contributed by atoms with Crippen LogP contribution in [-0.2, 0) is 4.79 Å². The zero-order valence-electron chi connectivity index (χ0n) is 17.9. The zero-order valence-corrected chi connectivity index (χ0v) is 17.9. The highest BCUT2D eigenvalue weighted by Gasteiger charge is 2.28.